The molecule has 19 heavy (non-hydrogen) atoms. The molecule has 0 aromatic heterocycles. The van der Waals surface area contributed by atoms with Gasteiger partial charge in [0, 0.05) is 19.1 Å². The van der Waals surface area contributed by atoms with Gasteiger partial charge in [-0.25, -0.2) is 8.42 Å². The van der Waals surface area contributed by atoms with Crippen molar-refractivity contribution in [3.8, 4) is 0 Å². The molecule has 4 nitrogen and oxygen atoms in total. The molecule has 1 heterocycles. The second kappa shape index (κ2) is 6.03. The van der Waals surface area contributed by atoms with Crippen LogP contribution in [0.15, 0.2) is 29.2 Å². The van der Waals surface area contributed by atoms with Gasteiger partial charge in [0.05, 0.1) is 4.90 Å². The van der Waals surface area contributed by atoms with Crippen molar-refractivity contribution >= 4 is 10.0 Å². The number of nitrogens with zero attached hydrogens (tertiary/aromatic N) is 1. The van der Waals surface area contributed by atoms with E-state index in [1.165, 1.54) is 9.87 Å². The summed E-state index contributed by atoms with van der Waals surface area (Å²) in [5, 5.41) is 0. The number of hydrogen-bond acceptors (Lipinski definition) is 3. The lowest BCUT2D eigenvalue weighted by Crippen LogP contribution is -2.45. The molecule has 0 aliphatic carbocycles. The molecular formula is C14H22N2O2S. The maximum Gasteiger partial charge on any atom is 0.243 e. The lowest BCUT2D eigenvalue weighted by molar-refractivity contribution is 0.316. The predicted octanol–water partition coefficient (Wildman–Crippen LogP) is 1.75. The third-order valence-electron chi connectivity index (χ3n) is 3.52. The first-order chi connectivity index (χ1) is 9.04. The minimum absolute atomic E-state index is 0.0390. The van der Waals surface area contributed by atoms with Crippen LogP contribution in [0.25, 0.3) is 0 Å². The highest BCUT2D eigenvalue weighted by molar-refractivity contribution is 7.89. The molecule has 0 amide bonds. The molecule has 1 aliphatic heterocycles. The van der Waals surface area contributed by atoms with Gasteiger partial charge in [0.1, 0.15) is 0 Å². The quantitative estimate of drug-likeness (QED) is 0.915. The van der Waals surface area contributed by atoms with E-state index in [4.69, 9.17) is 5.73 Å². The first-order valence-corrected chi connectivity index (χ1v) is 8.32. The van der Waals surface area contributed by atoms with Crippen molar-refractivity contribution in [2.75, 3.05) is 13.1 Å². The first kappa shape index (κ1) is 14.5. The van der Waals surface area contributed by atoms with Gasteiger partial charge in [0.2, 0.25) is 10.0 Å². The van der Waals surface area contributed by atoms with E-state index >= 15 is 0 Å². The Hall–Kier alpha value is -0.910. The Morgan fingerprint density at radius 3 is 2.58 bits per heavy atom. The number of benzene rings is 1. The molecule has 1 saturated heterocycles. The first-order valence-electron chi connectivity index (χ1n) is 6.88. The SMILES string of the molecule is CCCc1ccc(S(=O)(=O)N2CCC[C@@H](N)C2)cc1. The Labute approximate surface area is 115 Å². The topological polar surface area (TPSA) is 63.4 Å². The summed E-state index contributed by atoms with van der Waals surface area (Å²) in [6, 6.07) is 7.18. The molecule has 0 radical (unpaired) electrons. The van der Waals surface area contributed by atoms with E-state index in [0.29, 0.717) is 18.0 Å². The zero-order valence-electron chi connectivity index (χ0n) is 11.4. The summed E-state index contributed by atoms with van der Waals surface area (Å²) in [7, 11) is -3.37. The van der Waals surface area contributed by atoms with E-state index in [-0.39, 0.29) is 6.04 Å². The summed E-state index contributed by atoms with van der Waals surface area (Å²) in [6.45, 7) is 3.12. The van der Waals surface area contributed by atoms with E-state index in [2.05, 4.69) is 6.92 Å². The molecule has 106 valence electrons. The molecule has 1 aromatic carbocycles. The minimum atomic E-state index is -3.37. The Morgan fingerprint density at radius 2 is 2.00 bits per heavy atom. The van der Waals surface area contributed by atoms with Crippen LogP contribution in [0.5, 0.6) is 0 Å². The lowest BCUT2D eigenvalue weighted by Gasteiger charge is -2.29. The van der Waals surface area contributed by atoms with Gasteiger partial charge in [0.15, 0.2) is 0 Å². The summed E-state index contributed by atoms with van der Waals surface area (Å²) < 4.78 is 26.5. The molecule has 0 bridgehead atoms. The van der Waals surface area contributed by atoms with E-state index in [1.54, 1.807) is 12.1 Å². The molecule has 1 atom stereocenters. The van der Waals surface area contributed by atoms with Crippen LogP contribution >= 0.6 is 0 Å². The van der Waals surface area contributed by atoms with E-state index in [9.17, 15) is 8.42 Å². The average Bonchev–Trinajstić information content (AvgIpc) is 2.40. The maximum atomic E-state index is 12.5. The number of nitrogens with two attached hydrogens (primary N) is 1. The van der Waals surface area contributed by atoms with Gasteiger partial charge in [-0.15, -0.1) is 0 Å². The molecule has 1 aromatic rings. The fourth-order valence-electron chi connectivity index (χ4n) is 2.46. The standard InChI is InChI=1S/C14H22N2O2S/c1-2-4-12-6-8-14(9-7-12)19(17,18)16-10-3-5-13(15)11-16/h6-9,13H,2-5,10-11,15H2,1H3/t13-/m1/s1. The highest BCUT2D eigenvalue weighted by Crippen LogP contribution is 2.20. The second-order valence-electron chi connectivity index (χ2n) is 5.16. The second-order valence-corrected chi connectivity index (χ2v) is 7.10. The Bertz CT molecular complexity index is 511. The summed E-state index contributed by atoms with van der Waals surface area (Å²) in [6.07, 6.45) is 3.79. The molecule has 0 spiro atoms. The van der Waals surface area contributed by atoms with E-state index in [0.717, 1.165) is 25.7 Å². The zero-order chi connectivity index (χ0) is 13.9. The fourth-order valence-corrected chi connectivity index (χ4v) is 3.99. The smallest absolute Gasteiger partial charge is 0.243 e. The van der Waals surface area contributed by atoms with Crippen LogP contribution in [0.1, 0.15) is 31.7 Å². The van der Waals surface area contributed by atoms with Crippen LogP contribution in [0, 0.1) is 0 Å². The third kappa shape index (κ3) is 3.35. The molecule has 2 N–H and O–H groups in total. The van der Waals surface area contributed by atoms with Crippen LogP contribution in [0.3, 0.4) is 0 Å². The summed E-state index contributed by atoms with van der Waals surface area (Å²) in [4.78, 5) is 0.376. The summed E-state index contributed by atoms with van der Waals surface area (Å²) in [5.41, 5.74) is 7.04. The number of rotatable bonds is 4. The largest absolute Gasteiger partial charge is 0.327 e. The zero-order valence-corrected chi connectivity index (χ0v) is 12.2. The Morgan fingerprint density at radius 1 is 1.32 bits per heavy atom. The molecular weight excluding hydrogens is 260 g/mol. The Balaban J connectivity index is 2.18. The van der Waals surface area contributed by atoms with Crippen LogP contribution in [-0.2, 0) is 16.4 Å². The number of aryl methyl sites for hydroxylation is 1. The summed E-state index contributed by atoms with van der Waals surface area (Å²) >= 11 is 0. The lowest BCUT2D eigenvalue weighted by atomic mass is 10.1. The van der Waals surface area contributed by atoms with Crippen molar-refractivity contribution in [1.82, 2.24) is 4.31 Å². The predicted molar refractivity (Wildman–Crippen MR) is 76.4 cm³/mol. The highest BCUT2D eigenvalue weighted by Gasteiger charge is 2.28. The molecule has 0 saturated carbocycles. The number of sulfonamides is 1. The monoisotopic (exact) mass is 282 g/mol. The van der Waals surface area contributed by atoms with Gasteiger partial charge in [-0.3, -0.25) is 0 Å². The van der Waals surface area contributed by atoms with Crippen LogP contribution in [0.4, 0.5) is 0 Å². The van der Waals surface area contributed by atoms with Gasteiger partial charge in [-0.1, -0.05) is 25.5 Å². The molecule has 2 rings (SSSR count). The van der Waals surface area contributed by atoms with E-state index < -0.39 is 10.0 Å². The molecule has 1 fully saturated rings. The van der Waals surface area contributed by atoms with Crippen molar-refractivity contribution in [2.24, 2.45) is 5.73 Å². The van der Waals surface area contributed by atoms with Crippen LogP contribution in [0.2, 0.25) is 0 Å². The van der Waals surface area contributed by atoms with Gasteiger partial charge in [-0.2, -0.15) is 4.31 Å². The summed E-state index contributed by atoms with van der Waals surface area (Å²) in [5.74, 6) is 0. The maximum absolute atomic E-state index is 12.5. The van der Waals surface area contributed by atoms with Crippen molar-refractivity contribution in [2.45, 2.75) is 43.5 Å². The van der Waals surface area contributed by atoms with Crippen molar-refractivity contribution in [3.05, 3.63) is 29.8 Å². The van der Waals surface area contributed by atoms with Gasteiger partial charge in [0.25, 0.3) is 0 Å². The minimum Gasteiger partial charge on any atom is -0.327 e. The Kier molecular flexibility index (Phi) is 4.60. The van der Waals surface area contributed by atoms with E-state index in [1.807, 2.05) is 12.1 Å². The van der Waals surface area contributed by atoms with Gasteiger partial charge < -0.3 is 5.73 Å². The van der Waals surface area contributed by atoms with Crippen LogP contribution < -0.4 is 5.73 Å². The van der Waals surface area contributed by atoms with Crippen LogP contribution in [-0.4, -0.2) is 31.9 Å². The third-order valence-corrected chi connectivity index (χ3v) is 5.40. The highest BCUT2D eigenvalue weighted by atomic mass is 32.2. The molecule has 0 unspecified atom stereocenters. The van der Waals surface area contributed by atoms with Crippen molar-refractivity contribution in [3.63, 3.8) is 0 Å². The number of piperidine rings is 1. The van der Waals surface area contributed by atoms with Crippen molar-refractivity contribution in [1.29, 1.82) is 0 Å². The van der Waals surface area contributed by atoms with Gasteiger partial charge in [-0.05, 0) is 37.0 Å². The molecule has 1 aliphatic rings. The van der Waals surface area contributed by atoms with Crippen molar-refractivity contribution < 1.29 is 8.42 Å². The average molecular weight is 282 g/mol. The normalized spacial score (nSPS) is 21.5. The number of hydrogen-bond donors (Lipinski definition) is 1. The molecule has 5 heteroatoms. The van der Waals surface area contributed by atoms with Gasteiger partial charge >= 0.3 is 0 Å². The fraction of sp³-hybridized carbons (Fsp3) is 0.571.